The molecule has 1 fully saturated rings. The normalized spacial score (nSPS) is 25.0. The molecule has 1 aliphatic rings. The number of carbonyl (C=O) groups excluding carboxylic acids is 2. The molecule has 0 aromatic carbocycles. The number of ketones is 1. The predicted molar refractivity (Wildman–Crippen MR) is 119 cm³/mol. The summed E-state index contributed by atoms with van der Waals surface area (Å²) < 4.78 is 12.9. The predicted octanol–water partition coefficient (Wildman–Crippen LogP) is 2.00. The zero-order chi connectivity index (χ0) is 24.3. The second kappa shape index (κ2) is 9.85. The van der Waals surface area contributed by atoms with Crippen molar-refractivity contribution < 1.29 is 24.2 Å². The van der Waals surface area contributed by atoms with Gasteiger partial charge in [-0.25, -0.2) is 9.50 Å². The number of nitrogen functional groups attached to an aromatic ring is 1. The Morgan fingerprint density at radius 3 is 2.64 bits per heavy atom. The number of nitrogens with two attached hydrogens (primary N) is 1. The van der Waals surface area contributed by atoms with Crippen LogP contribution in [-0.4, -0.2) is 50.3 Å². The minimum Gasteiger partial charge on any atom is -0.463 e. The van der Waals surface area contributed by atoms with E-state index in [-0.39, 0.29) is 48.6 Å². The van der Waals surface area contributed by atoms with E-state index in [4.69, 9.17) is 15.2 Å². The summed E-state index contributed by atoms with van der Waals surface area (Å²) in [6, 6.07) is 5.31. The fourth-order valence-electron chi connectivity index (χ4n) is 4.27. The number of esters is 1. The van der Waals surface area contributed by atoms with Gasteiger partial charge in [-0.2, -0.15) is 10.4 Å². The quantitative estimate of drug-likeness (QED) is 0.538. The molecule has 2 aromatic heterocycles. The van der Waals surface area contributed by atoms with Crippen LogP contribution in [0, 0.1) is 29.1 Å². The number of hydrogen-bond acceptors (Lipinski definition) is 9. The Kier molecular flexibility index (Phi) is 7.34. The monoisotopic (exact) mass is 457 g/mol. The molecule has 4 atom stereocenters. The van der Waals surface area contributed by atoms with Crippen LogP contribution in [0.2, 0.25) is 0 Å². The average molecular weight is 458 g/mol. The van der Waals surface area contributed by atoms with Crippen molar-refractivity contribution in [3.63, 3.8) is 0 Å². The number of carbonyl (C=O) groups is 2. The van der Waals surface area contributed by atoms with Crippen LogP contribution in [0.3, 0.4) is 0 Å². The number of fused-ring (bicyclic) bond motifs is 1. The highest BCUT2D eigenvalue weighted by Crippen LogP contribution is 2.45. The molecule has 0 unspecified atom stereocenters. The second-order valence-corrected chi connectivity index (χ2v) is 9.40. The Morgan fingerprint density at radius 1 is 1.30 bits per heavy atom. The van der Waals surface area contributed by atoms with Crippen LogP contribution in [0.15, 0.2) is 18.5 Å². The number of hydrogen-bond donors (Lipinski definition) is 2. The highest BCUT2D eigenvalue weighted by atomic mass is 16.6. The van der Waals surface area contributed by atoms with E-state index in [2.05, 4.69) is 16.2 Å². The molecule has 0 aliphatic carbocycles. The largest absolute Gasteiger partial charge is 0.463 e. The van der Waals surface area contributed by atoms with Gasteiger partial charge in [0.15, 0.2) is 5.82 Å². The molecule has 0 spiro atoms. The minimum atomic E-state index is -1.83. The summed E-state index contributed by atoms with van der Waals surface area (Å²) in [6.07, 6.45) is -0.406. The lowest BCUT2D eigenvalue weighted by molar-refractivity contribution is -0.150. The van der Waals surface area contributed by atoms with E-state index in [1.807, 2.05) is 27.7 Å². The minimum absolute atomic E-state index is 0.00436. The summed E-state index contributed by atoms with van der Waals surface area (Å²) in [5.74, 6) is -0.734. The lowest BCUT2D eigenvalue weighted by Crippen LogP contribution is -2.39. The number of aliphatic hydroxyl groups excluding tert-OH is 1. The number of Topliss-reactive ketones (excluding diaryl/α,β-unsaturated/α-hetero) is 1. The van der Waals surface area contributed by atoms with Crippen LogP contribution < -0.4 is 5.73 Å². The lowest BCUT2D eigenvalue weighted by Gasteiger charge is -2.25. The summed E-state index contributed by atoms with van der Waals surface area (Å²) in [6.45, 7) is 7.49. The molecule has 3 N–H and O–H groups in total. The summed E-state index contributed by atoms with van der Waals surface area (Å²) in [5.41, 5.74) is 4.80. The second-order valence-electron chi connectivity index (χ2n) is 9.40. The third-order valence-electron chi connectivity index (χ3n) is 5.75. The topological polar surface area (TPSA) is 153 Å². The van der Waals surface area contributed by atoms with Crippen LogP contribution >= 0.6 is 0 Å². The van der Waals surface area contributed by atoms with Crippen molar-refractivity contribution in [3.05, 3.63) is 24.2 Å². The maximum Gasteiger partial charge on any atom is 0.306 e. The number of aromatic nitrogens is 3. The molecule has 1 saturated heterocycles. The molecule has 1 aliphatic heterocycles. The fourth-order valence-corrected chi connectivity index (χ4v) is 4.27. The summed E-state index contributed by atoms with van der Waals surface area (Å²) in [7, 11) is 0. The van der Waals surface area contributed by atoms with E-state index >= 15 is 0 Å². The maximum absolute atomic E-state index is 12.6. The molecular formula is C23H31N5O5. The number of rotatable bonds is 9. The van der Waals surface area contributed by atoms with Gasteiger partial charge in [-0.3, -0.25) is 9.59 Å². The van der Waals surface area contributed by atoms with Gasteiger partial charge in [-0.15, -0.1) is 0 Å². The standard InChI is InChI=1S/C23H31N5O5/c1-13(2)7-15(29)9-16-18(10-32-20(30)8-14(3)4)33-23(11-24,21(16)31)19-6-5-17-22(25)26-12-27-28(17)19/h5-6,12-14,16,18,21,31H,7-10H2,1-4H3,(H2,25,26,27)/t16-,18-,21-,23+/m1/s1. The SMILES string of the molecule is CC(C)CC(=O)C[C@H]1[C@@H](O)[C@](C#N)(c2ccc3c(N)ncnn23)O[C@@H]1COC(=O)CC(C)C. The smallest absolute Gasteiger partial charge is 0.306 e. The van der Waals surface area contributed by atoms with Crippen molar-refractivity contribution >= 4 is 23.1 Å². The van der Waals surface area contributed by atoms with Crippen LogP contribution in [0.5, 0.6) is 0 Å². The Labute approximate surface area is 192 Å². The Balaban J connectivity index is 1.95. The molecule has 178 valence electrons. The van der Waals surface area contributed by atoms with Gasteiger partial charge >= 0.3 is 5.97 Å². The number of anilines is 1. The molecule has 0 radical (unpaired) electrons. The number of aliphatic hydroxyl groups is 1. The van der Waals surface area contributed by atoms with E-state index in [9.17, 15) is 20.0 Å². The van der Waals surface area contributed by atoms with Crippen LogP contribution in [-0.2, 0) is 24.7 Å². The lowest BCUT2D eigenvalue weighted by atomic mass is 9.83. The van der Waals surface area contributed by atoms with Crippen LogP contribution in [0.25, 0.3) is 5.52 Å². The average Bonchev–Trinajstić information content (AvgIpc) is 3.27. The van der Waals surface area contributed by atoms with Gasteiger partial charge < -0.3 is 20.3 Å². The molecule has 10 nitrogen and oxygen atoms in total. The van der Waals surface area contributed by atoms with E-state index < -0.39 is 29.7 Å². The van der Waals surface area contributed by atoms with Crippen molar-refractivity contribution in [1.29, 1.82) is 5.26 Å². The van der Waals surface area contributed by atoms with Gasteiger partial charge in [-0.05, 0) is 24.0 Å². The first-order valence-electron chi connectivity index (χ1n) is 11.1. The zero-order valence-electron chi connectivity index (χ0n) is 19.4. The molecule has 3 rings (SSSR count). The van der Waals surface area contributed by atoms with Crippen molar-refractivity contribution in [2.75, 3.05) is 12.3 Å². The first-order valence-corrected chi connectivity index (χ1v) is 11.1. The van der Waals surface area contributed by atoms with Gasteiger partial charge in [-0.1, -0.05) is 27.7 Å². The van der Waals surface area contributed by atoms with Crippen molar-refractivity contribution in [2.45, 2.75) is 64.8 Å². The Morgan fingerprint density at radius 2 is 2.00 bits per heavy atom. The van der Waals surface area contributed by atoms with Gasteiger partial charge in [0.2, 0.25) is 5.60 Å². The Bertz CT molecular complexity index is 1060. The zero-order valence-corrected chi connectivity index (χ0v) is 19.4. The third-order valence-corrected chi connectivity index (χ3v) is 5.75. The van der Waals surface area contributed by atoms with Crippen molar-refractivity contribution in [1.82, 2.24) is 14.6 Å². The number of ether oxygens (including phenoxy) is 2. The number of nitrogens with zero attached hydrogens (tertiary/aromatic N) is 4. The van der Waals surface area contributed by atoms with Crippen LogP contribution in [0.1, 0.15) is 52.7 Å². The van der Waals surface area contributed by atoms with Crippen molar-refractivity contribution in [3.8, 4) is 6.07 Å². The van der Waals surface area contributed by atoms with Gasteiger partial charge in [0.05, 0.1) is 5.69 Å². The first-order chi connectivity index (χ1) is 15.6. The molecular weight excluding hydrogens is 426 g/mol. The Hall–Kier alpha value is -3.03. The van der Waals surface area contributed by atoms with E-state index in [0.717, 1.165) is 0 Å². The molecule has 10 heteroatoms. The van der Waals surface area contributed by atoms with E-state index in [1.165, 1.54) is 10.8 Å². The third kappa shape index (κ3) is 4.99. The molecule has 0 saturated carbocycles. The maximum atomic E-state index is 12.6. The molecule has 33 heavy (non-hydrogen) atoms. The summed E-state index contributed by atoms with van der Waals surface area (Å²) >= 11 is 0. The summed E-state index contributed by atoms with van der Waals surface area (Å²) in [5, 5.41) is 25.7. The highest BCUT2D eigenvalue weighted by molar-refractivity contribution is 5.79. The molecule has 0 bridgehead atoms. The van der Waals surface area contributed by atoms with Crippen LogP contribution in [0.4, 0.5) is 5.82 Å². The van der Waals surface area contributed by atoms with Crippen molar-refractivity contribution in [2.24, 2.45) is 17.8 Å². The first kappa shape index (κ1) is 24.6. The van der Waals surface area contributed by atoms with E-state index in [1.54, 1.807) is 12.1 Å². The molecule has 2 aromatic rings. The van der Waals surface area contributed by atoms with E-state index in [0.29, 0.717) is 11.9 Å². The molecule has 3 heterocycles. The summed E-state index contributed by atoms with van der Waals surface area (Å²) in [4.78, 5) is 28.7. The fraction of sp³-hybridized carbons (Fsp3) is 0.609. The number of nitriles is 1. The van der Waals surface area contributed by atoms with Gasteiger partial charge in [0.1, 0.15) is 42.5 Å². The molecule has 0 amide bonds. The van der Waals surface area contributed by atoms with Gasteiger partial charge in [0, 0.05) is 25.2 Å². The highest BCUT2D eigenvalue weighted by Gasteiger charge is 2.58. The van der Waals surface area contributed by atoms with Gasteiger partial charge in [0.25, 0.3) is 0 Å².